The zero-order valence-electron chi connectivity index (χ0n) is 22.5. The highest BCUT2D eigenvalue weighted by Crippen LogP contribution is 2.41. The van der Waals surface area contributed by atoms with E-state index in [-0.39, 0.29) is 22.8 Å². The second-order valence-electron chi connectivity index (χ2n) is 11.0. The van der Waals surface area contributed by atoms with Crippen LogP contribution < -0.4 is 20.7 Å². The summed E-state index contributed by atoms with van der Waals surface area (Å²) in [5.74, 6) is -0.965. The zero-order chi connectivity index (χ0) is 29.5. The first kappa shape index (κ1) is 27.7. The van der Waals surface area contributed by atoms with Gasteiger partial charge in [-0.25, -0.2) is 0 Å². The minimum atomic E-state index is -4.72. The second kappa shape index (κ2) is 10.8. The number of nitrogen functional groups attached to an aromatic ring is 1. The fraction of sp³-hybridized carbons (Fsp3) is 0.333. The van der Waals surface area contributed by atoms with Crippen LogP contribution in [0.4, 0.5) is 24.9 Å². The first-order valence-corrected chi connectivity index (χ1v) is 13.6. The van der Waals surface area contributed by atoms with E-state index in [2.05, 4.69) is 20.3 Å². The third-order valence-electron chi connectivity index (χ3n) is 8.24. The van der Waals surface area contributed by atoms with Gasteiger partial charge in [-0.05, 0) is 53.3 Å². The van der Waals surface area contributed by atoms with Gasteiger partial charge in [-0.2, -0.15) is 23.1 Å². The molecule has 0 aliphatic carbocycles. The van der Waals surface area contributed by atoms with Crippen molar-refractivity contribution in [3.8, 4) is 17.0 Å². The van der Waals surface area contributed by atoms with E-state index in [1.54, 1.807) is 24.5 Å². The summed E-state index contributed by atoms with van der Waals surface area (Å²) < 4.78 is 48.2. The number of pyridine rings is 1. The number of rotatable bonds is 6. The highest BCUT2D eigenvalue weighted by molar-refractivity contribution is 5.86. The van der Waals surface area contributed by atoms with Gasteiger partial charge in [0.1, 0.15) is 11.9 Å². The van der Waals surface area contributed by atoms with Gasteiger partial charge >= 0.3 is 12.1 Å². The molecule has 6 rings (SSSR count). The first-order valence-electron chi connectivity index (χ1n) is 13.6. The molecule has 4 heterocycles. The summed E-state index contributed by atoms with van der Waals surface area (Å²) in [6.07, 6.45) is -1.56. The number of carboxylic acids is 1. The Morgan fingerprint density at radius 3 is 2.48 bits per heavy atom. The molecular weight excluding hydrogens is 549 g/mol. The quantitative estimate of drug-likeness (QED) is 0.290. The van der Waals surface area contributed by atoms with E-state index < -0.39 is 24.3 Å². The molecule has 218 valence electrons. The number of hydrogen-bond donors (Lipinski definition) is 3. The van der Waals surface area contributed by atoms with Crippen LogP contribution >= 0.6 is 0 Å². The lowest BCUT2D eigenvalue weighted by Crippen LogP contribution is -2.41. The number of benzene rings is 2. The fourth-order valence-corrected chi connectivity index (χ4v) is 5.89. The van der Waals surface area contributed by atoms with Gasteiger partial charge in [-0.1, -0.05) is 36.4 Å². The Morgan fingerprint density at radius 1 is 1.05 bits per heavy atom. The van der Waals surface area contributed by atoms with Crippen molar-refractivity contribution >= 4 is 28.5 Å². The number of halogens is 3. The predicted octanol–water partition coefficient (Wildman–Crippen LogP) is 4.99. The molecule has 9 nitrogen and oxygen atoms in total. The summed E-state index contributed by atoms with van der Waals surface area (Å²) in [4.78, 5) is 25.6. The number of piperidine rings is 1. The topological polar surface area (TPSA) is 126 Å². The zero-order valence-corrected chi connectivity index (χ0v) is 22.5. The summed E-state index contributed by atoms with van der Waals surface area (Å²) in [5, 5.41) is 14.3. The van der Waals surface area contributed by atoms with Crippen LogP contribution in [0.15, 0.2) is 67.0 Å². The van der Waals surface area contributed by atoms with Gasteiger partial charge in [0.2, 0.25) is 17.9 Å². The molecule has 0 saturated carbocycles. The van der Waals surface area contributed by atoms with Gasteiger partial charge in [-0.3, -0.25) is 9.78 Å². The molecule has 2 fully saturated rings. The predicted molar refractivity (Wildman–Crippen MR) is 151 cm³/mol. The van der Waals surface area contributed by atoms with Crippen molar-refractivity contribution in [2.45, 2.75) is 37.6 Å². The smallest absolute Gasteiger partial charge is 0.429 e. The molecule has 2 aliphatic rings. The summed E-state index contributed by atoms with van der Waals surface area (Å²) in [7, 11) is 0. The third-order valence-corrected chi connectivity index (χ3v) is 8.24. The SMILES string of the molecule is Nc1nc(O[C@H](c2ccc(-c3ccc4ccncc4c3)cc2)C(F)(F)F)cc(N2CCC3(CC2)CNC(C(=O)O)C3)n1. The number of ether oxygens (including phenoxy) is 1. The van der Waals surface area contributed by atoms with Crippen molar-refractivity contribution in [1.29, 1.82) is 0 Å². The number of carboxylic acid groups (broad SMARTS) is 1. The molecule has 0 bridgehead atoms. The largest absolute Gasteiger partial charge is 0.480 e. The van der Waals surface area contributed by atoms with Crippen LogP contribution in [0.1, 0.15) is 30.9 Å². The molecule has 1 spiro atoms. The van der Waals surface area contributed by atoms with Gasteiger partial charge in [0, 0.05) is 49.0 Å². The second-order valence-corrected chi connectivity index (χ2v) is 11.0. The average Bonchev–Trinajstić information content (AvgIpc) is 3.39. The van der Waals surface area contributed by atoms with E-state index in [4.69, 9.17) is 10.5 Å². The Balaban J connectivity index is 1.19. The molecule has 4 aromatic rings. The lowest BCUT2D eigenvalue weighted by molar-refractivity contribution is -0.198. The number of nitrogens with one attached hydrogen (secondary N) is 1. The number of nitrogens with two attached hydrogens (primary N) is 1. The number of aliphatic carboxylic acids is 1. The molecule has 2 aliphatic heterocycles. The molecular formula is C30H29F3N6O3. The molecule has 2 aromatic carbocycles. The lowest BCUT2D eigenvalue weighted by atomic mass is 9.76. The van der Waals surface area contributed by atoms with E-state index in [0.29, 0.717) is 31.9 Å². The number of nitrogens with zero attached hydrogens (tertiary/aromatic N) is 4. The van der Waals surface area contributed by atoms with Crippen LogP contribution in [0.25, 0.3) is 21.9 Å². The van der Waals surface area contributed by atoms with E-state index in [1.165, 1.54) is 18.2 Å². The molecule has 42 heavy (non-hydrogen) atoms. The molecule has 2 saturated heterocycles. The molecule has 0 amide bonds. The number of alkyl halides is 3. The fourth-order valence-electron chi connectivity index (χ4n) is 5.89. The Morgan fingerprint density at radius 2 is 1.79 bits per heavy atom. The number of anilines is 2. The number of fused-ring (bicyclic) bond motifs is 1. The summed E-state index contributed by atoms with van der Waals surface area (Å²) in [6, 6.07) is 14.6. The van der Waals surface area contributed by atoms with Crippen LogP contribution in [-0.2, 0) is 4.79 Å². The molecule has 12 heteroatoms. The maximum Gasteiger partial charge on any atom is 0.429 e. The highest BCUT2D eigenvalue weighted by Gasteiger charge is 2.45. The highest BCUT2D eigenvalue weighted by atomic mass is 19.4. The molecule has 2 aromatic heterocycles. The normalized spacial score (nSPS) is 19.2. The Bertz CT molecular complexity index is 1610. The average molecular weight is 579 g/mol. The van der Waals surface area contributed by atoms with E-state index in [1.807, 2.05) is 29.2 Å². The standard InChI is InChI=1S/C30H29F3N6O3/c31-30(32,33)26(20-4-1-18(2-5-20)21-6-3-19-7-10-35-16-22(19)13-21)42-25-14-24(37-28(34)38-25)39-11-8-29(9-12-39)15-23(27(40)41)36-17-29/h1-7,10,13-14,16,23,26,36H,8-9,11-12,15,17H2,(H,40,41)(H2,34,37,38)/t23?,26-/m1/s1. The van der Waals surface area contributed by atoms with Crippen LogP contribution in [-0.4, -0.2) is 57.9 Å². The number of hydrogen-bond acceptors (Lipinski definition) is 8. The molecule has 4 N–H and O–H groups in total. The van der Waals surface area contributed by atoms with Gasteiger partial charge in [0.05, 0.1) is 0 Å². The van der Waals surface area contributed by atoms with E-state index >= 15 is 0 Å². The Labute approximate surface area is 239 Å². The minimum absolute atomic E-state index is 0.0749. The number of aromatic nitrogens is 3. The summed E-state index contributed by atoms with van der Waals surface area (Å²) in [5.41, 5.74) is 7.30. The maximum absolute atomic E-state index is 14.2. The van der Waals surface area contributed by atoms with Crippen LogP contribution in [0.2, 0.25) is 0 Å². The van der Waals surface area contributed by atoms with Gasteiger partial charge in [0.25, 0.3) is 0 Å². The van der Waals surface area contributed by atoms with Crippen molar-refractivity contribution in [2.75, 3.05) is 30.3 Å². The summed E-state index contributed by atoms with van der Waals surface area (Å²) in [6.45, 7) is 1.72. The van der Waals surface area contributed by atoms with Gasteiger partial charge < -0.3 is 25.8 Å². The van der Waals surface area contributed by atoms with E-state index in [9.17, 15) is 23.1 Å². The number of carbonyl (C=O) groups is 1. The Hall–Kier alpha value is -4.45. The van der Waals surface area contributed by atoms with Crippen molar-refractivity contribution in [3.05, 3.63) is 72.6 Å². The van der Waals surface area contributed by atoms with Gasteiger partial charge in [0.15, 0.2) is 0 Å². The van der Waals surface area contributed by atoms with Crippen LogP contribution in [0.5, 0.6) is 5.88 Å². The molecule has 0 radical (unpaired) electrons. The van der Waals surface area contributed by atoms with Gasteiger partial charge in [-0.15, -0.1) is 0 Å². The van der Waals surface area contributed by atoms with E-state index in [0.717, 1.165) is 34.7 Å². The third kappa shape index (κ3) is 5.67. The maximum atomic E-state index is 14.2. The molecule has 2 atom stereocenters. The lowest BCUT2D eigenvalue weighted by Gasteiger charge is -2.39. The molecule has 1 unspecified atom stereocenters. The van der Waals surface area contributed by atoms with Crippen LogP contribution in [0, 0.1) is 5.41 Å². The van der Waals surface area contributed by atoms with Crippen molar-refractivity contribution in [3.63, 3.8) is 0 Å². The van der Waals surface area contributed by atoms with Crippen LogP contribution in [0.3, 0.4) is 0 Å². The monoisotopic (exact) mass is 578 g/mol. The van der Waals surface area contributed by atoms with Crippen molar-refractivity contribution in [2.24, 2.45) is 5.41 Å². The van der Waals surface area contributed by atoms with Crippen molar-refractivity contribution in [1.82, 2.24) is 20.3 Å². The first-order chi connectivity index (χ1) is 20.1. The Kier molecular flexibility index (Phi) is 7.09. The minimum Gasteiger partial charge on any atom is -0.480 e. The van der Waals surface area contributed by atoms with Crippen molar-refractivity contribution < 1.29 is 27.8 Å². The summed E-state index contributed by atoms with van der Waals surface area (Å²) >= 11 is 0.